The summed E-state index contributed by atoms with van der Waals surface area (Å²) in [4.78, 5) is 0. The largest absolute Gasteiger partial charge is 0.390 e. The molecule has 0 aromatic heterocycles. The summed E-state index contributed by atoms with van der Waals surface area (Å²) in [7, 11) is 0. The zero-order chi connectivity index (χ0) is 11.8. The number of hydrogen-bond acceptors (Lipinski definition) is 3. The average Bonchev–Trinajstić information content (AvgIpc) is 2.30. The van der Waals surface area contributed by atoms with Crippen molar-refractivity contribution in [3.63, 3.8) is 0 Å². The van der Waals surface area contributed by atoms with Gasteiger partial charge in [0.25, 0.3) is 0 Å². The van der Waals surface area contributed by atoms with Gasteiger partial charge in [0.2, 0.25) is 0 Å². The van der Waals surface area contributed by atoms with E-state index in [1.54, 1.807) is 6.08 Å². The summed E-state index contributed by atoms with van der Waals surface area (Å²) < 4.78 is 5.08. The summed E-state index contributed by atoms with van der Waals surface area (Å²) in [6.45, 7) is 4.01. The molecular weight excluding hydrogens is 204 g/mol. The predicted molar refractivity (Wildman–Crippen MR) is 63.2 cm³/mol. The molecule has 0 aliphatic rings. The van der Waals surface area contributed by atoms with E-state index in [2.05, 4.69) is 6.58 Å². The van der Waals surface area contributed by atoms with Crippen molar-refractivity contribution in [3.05, 3.63) is 48.6 Å². The predicted octanol–water partition coefficient (Wildman–Crippen LogP) is 1.15. The van der Waals surface area contributed by atoms with E-state index in [1.807, 2.05) is 30.3 Å². The smallest absolute Gasteiger partial charge is 0.103 e. The monoisotopic (exact) mass is 222 g/mol. The molecule has 0 saturated heterocycles. The van der Waals surface area contributed by atoms with Crippen LogP contribution >= 0.6 is 0 Å². The minimum atomic E-state index is -0.861. The number of hydrogen-bond donors (Lipinski definition) is 2. The molecule has 0 heterocycles. The summed E-state index contributed by atoms with van der Waals surface area (Å²) in [5, 5.41) is 19.3. The van der Waals surface area contributed by atoms with Gasteiger partial charge < -0.3 is 14.9 Å². The van der Waals surface area contributed by atoms with Crippen molar-refractivity contribution in [1.82, 2.24) is 0 Å². The Labute approximate surface area is 96.0 Å². The van der Waals surface area contributed by atoms with Gasteiger partial charge in [-0.1, -0.05) is 36.4 Å². The highest BCUT2D eigenvalue weighted by Crippen LogP contribution is 2.06. The Hall–Kier alpha value is -1.16. The highest BCUT2D eigenvalue weighted by molar-refractivity contribution is 5.15. The van der Waals surface area contributed by atoms with E-state index in [4.69, 9.17) is 4.74 Å². The molecule has 0 amide bonds. The van der Waals surface area contributed by atoms with E-state index in [0.29, 0.717) is 13.0 Å². The Kier molecular flexibility index (Phi) is 5.78. The molecule has 16 heavy (non-hydrogen) atoms. The van der Waals surface area contributed by atoms with Crippen LogP contribution in [-0.2, 0) is 11.2 Å². The van der Waals surface area contributed by atoms with Crippen LogP contribution in [0.15, 0.2) is 43.0 Å². The van der Waals surface area contributed by atoms with Crippen molar-refractivity contribution >= 4 is 0 Å². The van der Waals surface area contributed by atoms with Crippen LogP contribution in [0.5, 0.6) is 0 Å². The van der Waals surface area contributed by atoms with Crippen LogP contribution in [-0.4, -0.2) is 35.6 Å². The summed E-state index contributed by atoms with van der Waals surface area (Å²) >= 11 is 0. The quantitative estimate of drug-likeness (QED) is 0.537. The fourth-order valence-corrected chi connectivity index (χ4v) is 1.37. The third-order valence-corrected chi connectivity index (χ3v) is 2.26. The molecule has 0 bridgehead atoms. The summed E-state index contributed by atoms with van der Waals surface area (Å²) in [6, 6.07) is 9.56. The lowest BCUT2D eigenvalue weighted by Gasteiger charge is -2.17. The van der Waals surface area contributed by atoms with E-state index < -0.39 is 12.2 Å². The van der Waals surface area contributed by atoms with Crippen LogP contribution in [0.1, 0.15) is 5.56 Å². The molecule has 3 nitrogen and oxygen atoms in total. The van der Waals surface area contributed by atoms with Crippen LogP contribution in [0.4, 0.5) is 0 Å². The lowest BCUT2D eigenvalue weighted by Crippen LogP contribution is -2.32. The fraction of sp³-hybridized carbons (Fsp3) is 0.385. The minimum absolute atomic E-state index is 0.125. The second-order valence-corrected chi connectivity index (χ2v) is 3.65. The molecule has 88 valence electrons. The van der Waals surface area contributed by atoms with E-state index >= 15 is 0 Å². The third kappa shape index (κ3) is 4.57. The SMILES string of the molecule is C=CCOCC(O)C(O)Cc1ccccc1. The lowest BCUT2D eigenvalue weighted by molar-refractivity contribution is -0.0318. The molecular formula is C13H18O3. The minimum Gasteiger partial charge on any atom is -0.390 e. The molecule has 0 aliphatic carbocycles. The maximum absolute atomic E-state index is 9.71. The highest BCUT2D eigenvalue weighted by Gasteiger charge is 2.16. The van der Waals surface area contributed by atoms with Gasteiger partial charge in [-0.25, -0.2) is 0 Å². The maximum atomic E-state index is 9.71. The third-order valence-electron chi connectivity index (χ3n) is 2.26. The molecule has 1 rings (SSSR count). The van der Waals surface area contributed by atoms with Crippen LogP contribution in [0.25, 0.3) is 0 Å². The molecule has 3 heteroatoms. The number of rotatable bonds is 7. The molecule has 0 spiro atoms. The van der Waals surface area contributed by atoms with Crippen molar-refractivity contribution in [1.29, 1.82) is 0 Å². The highest BCUT2D eigenvalue weighted by atomic mass is 16.5. The van der Waals surface area contributed by atoms with Gasteiger partial charge in [0.1, 0.15) is 6.10 Å². The van der Waals surface area contributed by atoms with Gasteiger partial charge in [-0.05, 0) is 5.56 Å². The van der Waals surface area contributed by atoms with Gasteiger partial charge >= 0.3 is 0 Å². The lowest BCUT2D eigenvalue weighted by atomic mass is 10.0. The van der Waals surface area contributed by atoms with Crippen LogP contribution in [0, 0.1) is 0 Å². The van der Waals surface area contributed by atoms with E-state index in [9.17, 15) is 10.2 Å². The van der Waals surface area contributed by atoms with Crippen LogP contribution in [0.2, 0.25) is 0 Å². The van der Waals surface area contributed by atoms with Crippen molar-refractivity contribution in [3.8, 4) is 0 Å². The molecule has 0 fully saturated rings. The van der Waals surface area contributed by atoms with Gasteiger partial charge in [-0.15, -0.1) is 6.58 Å². The average molecular weight is 222 g/mol. The molecule has 2 N–H and O–H groups in total. The first-order chi connectivity index (χ1) is 7.74. The maximum Gasteiger partial charge on any atom is 0.103 e. The Morgan fingerprint density at radius 2 is 1.88 bits per heavy atom. The normalized spacial score (nSPS) is 14.4. The number of aliphatic hydroxyl groups is 2. The van der Waals surface area contributed by atoms with Gasteiger partial charge in [0.05, 0.1) is 19.3 Å². The zero-order valence-corrected chi connectivity index (χ0v) is 9.25. The summed E-state index contributed by atoms with van der Waals surface area (Å²) in [6.07, 6.45) is 0.378. The van der Waals surface area contributed by atoms with Crippen molar-refractivity contribution in [2.75, 3.05) is 13.2 Å². The van der Waals surface area contributed by atoms with Crippen molar-refractivity contribution in [2.24, 2.45) is 0 Å². The second-order valence-electron chi connectivity index (χ2n) is 3.65. The second kappa shape index (κ2) is 7.17. The first-order valence-electron chi connectivity index (χ1n) is 5.32. The van der Waals surface area contributed by atoms with Crippen molar-refractivity contribution in [2.45, 2.75) is 18.6 Å². The molecule has 1 aromatic carbocycles. The summed E-state index contributed by atoms with van der Waals surface area (Å²) in [5.74, 6) is 0. The fourth-order valence-electron chi connectivity index (χ4n) is 1.37. The summed E-state index contributed by atoms with van der Waals surface area (Å²) in [5.41, 5.74) is 0.998. The van der Waals surface area contributed by atoms with E-state index in [-0.39, 0.29) is 6.61 Å². The number of aliphatic hydroxyl groups excluding tert-OH is 2. The van der Waals surface area contributed by atoms with Gasteiger partial charge in [0.15, 0.2) is 0 Å². The molecule has 0 radical (unpaired) electrons. The van der Waals surface area contributed by atoms with E-state index in [1.165, 1.54) is 0 Å². The van der Waals surface area contributed by atoms with Gasteiger partial charge in [0, 0.05) is 6.42 Å². The Morgan fingerprint density at radius 1 is 1.19 bits per heavy atom. The van der Waals surface area contributed by atoms with E-state index in [0.717, 1.165) is 5.56 Å². The Morgan fingerprint density at radius 3 is 2.50 bits per heavy atom. The molecule has 2 atom stereocenters. The van der Waals surface area contributed by atoms with Crippen LogP contribution < -0.4 is 0 Å². The molecule has 2 unspecified atom stereocenters. The van der Waals surface area contributed by atoms with Crippen LogP contribution in [0.3, 0.4) is 0 Å². The first kappa shape index (κ1) is 12.9. The topological polar surface area (TPSA) is 49.7 Å². The molecule has 0 saturated carbocycles. The standard InChI is InChI=1S/C13H18O3/c1-2-8-16-10-13(15)12(14)9-11-6-4-3-5-7-11/h2-7,12-15H,1,8-10H2. The Balaban J connectivity index is 2.33. The number of benzene rings is 1. The molecule has 1 aromatic rings. The Bertz CT molecular complexity index is 297. The van der Waals surface area contributed by atoms with Gasteiger partial charge in [-0.2, -0.15) is 0 Å². The number of ether oxygens (including phenoxy) is 1. The first-order valence-corrected chi connectivity index (χ1v) is 5.32. The van der Waals surface area contributed by atoms with Crippen molar-refractivity contribution < 1.29 is 14.9 Å². The van der Waals surface area contributed by atoms with Gasteiger partial charge in [-0.3, -0.25) is 0 Å². The zero-order valence-electron chi connectivity index (χ0n) is 9.25. The molecule has 0 aliphatic heterocycles.